The summed E-state index contributed by atoms with van der Waals surface area (Å²) in [5, 5.41) is 2.18. The molecule has 3 nitrogen and oxygen atoms in total. The fraction of sp³-hybridized carbons (Fsp3) is 0.500. The van der Waals surface area contributed by atoms with Crippen LogP contribution in [0.3, 0.4) is 0 Å². The molecule has 0 unspecified atom stereocenters. The number of carbonyl (C=O) groups excluding carboxylic acids is 1. The lowest BCUT2D eigenvalue weighted by Gasteiger charge is -2.36. The summed E-state index contributed by atoms with van der Waals surface area (Å²) in [5.74, 6) is -1.60. The number of anilines is 1. The van der Waals surface area contributed by atoms with Crippen molar-refractivity contribution in [3.05, 3.63) is 29.6 Å². The van der Waals surface area contributed by atoms with Crippen molar-refractivity contribution >= 4 is 11.6 Å². The molecule has 1 aromatic rings. The van der Waals surface area contributed by atoms with Crippen LogP contribution in [0, 0.1) is 11.2 Å². The zero-order chi connectivity index (χ0) is 16.6. The maximum absolute atomic E-state index is 13.6. The molecule has 0 aromatic heterocycles. The molecule has 0 bridgehead atoms. The van der Waals surface area contributed by atoms with E-state index < -0.39 is 40.1 Å². The summed E-state index contributed by atoms with van der Waals surface area (Å²) in [5.41, 5.74) is 2.27. The Morgan fingerprint density at radius 1 is 1.14 bits per heavy atom. The Morgan fingerprint density at radius 3 is 2.10 bits per heavy atom. The van der Waals surface area contributed by atoms with Gasteiger partial charge in [-0.1, -0.05) is 0 Å². The van der Waals surface area contributed by atoms with Crippen molar-refractivity contribution in [2.45, 2.75) is 39.4 Å². The zero-order valence-corrected chi connectivity index (χ0v) is 12.2. The fourth-order valence-electron chi connectivity index (χ4n) is 1.37. The van der Waals surface area contributed by atoms with Gasteiger partial charge in [0.05, 0.1) is 16.7 Å². The highest BCUT2D eigenvalue weighted by atomic mass is 19.4. The van der Waals surface area contributed by atoms with Crippen molar-refractivity contribution in [2.24, 2.45) is 11.1 Å². The number of halogens is 4. The Labute approximate surface area is 120 Å². The van der Waals surface area contributed by atoms with Crippen LogP contribution in [0.5, 0.6) is 0 Å². The van der Waals surface area contributed by atoms with E-state index in [2.05, 4.69) is 5.32 Å². The van der Waals surface area contributed by atoms with Crippen LogP contribution in [0.25, 0.3) is 0 Å². The quantitative estimate of drug-likeness (QED) is 0.839. The maximum atomic E-state index is 13.6. The molecule has 0 fully saturated rings. The van der Waals surface area contributed by atoms with E-state index in [0.29, 0.717) is 18.2 Å². The first-order chi connectivity index (χ1) is 9.26. The lowest BCUT2D eigenvalue weighted by Crippen LogP contribution is -2.53. The number of hydrogen-bond acceptors (Lipinski definition) is 2. The van der Waals surface area contributed by atoms with Crippen molar-refractivity contribution in [1.29, 1.82) is 0 Å². The van der Waals surface area contributed by atoms with Crippen LogP contribution in [0.1, 0.15) is 33.3 Å². The number of benzene rings is 1. The van der Waals surface area contributed by atoms with Gasteiger partial charge < -0.3 is 11.1 Å². The van der Waals surface area contributed by atoms with Gasteiger partial charge in [-0.3, -0.25) is 4.79 Å². The van der Waals surface area contributed by atoms with E-state index in [1.807, 2.05) is 0 Å². The normalized spacial score (nSPS) is 13.2. The highest BCUT2D eigenvalue weighted by Gasteiger charge is 2.41. The van der Waals surface area contributed by atoms with Gasteiger partial charge in [0.1, 0.15) is 5.82 Å². The number of nitrogens with two attached hydrogens (primary N) is 1. The molecule has 0 spiro atoms. The summed E-state index contributed by atoms with van der Waals surface area (Å²) >= 11 is 0. The molecule has 118 valence electrons. The molecule has 1 rings (SSSR count). The van der Waals surface area contributed by atoms with Gasteiger partial charge in [-0.2, -0.15) is 13.2 Å². The van der Waals surface area contributed by atoms with Gasteiger partial charge >= 0.3 is 6.18 Å². The topological polar surface area (TPSA) is 55.1 Å². The number of carbonyl (C=O) groups is 1. The first kappa shape index (κ1) is 17.4. The first-order valence-corrected chi connectivity index (χ1v) is 6.24. The van der Waals surface area contributed by atoms with Crippen molar-refractivity contribution in [3.8, 4) is 0 Å². The molecule has 0 radical (unpaired) electrons. The molecule has 1 amide bonds. The van der Waals surface area contributed by atoms with Crippen molar-refractivity contribution in [2.75, 3.05) is 5.32 Å². The minimum Gasteiger partial charge on any atom is -0.325 e. The van der Waals surface area contributed by atoms with Crippen LogP contribution >= 0.6 is 0 Å². The van der Waals surface area contributed by atoms with Crippen LogP contribution in [0.4, 0.5) is 23.2 Å². The monoisotopic (exact) mass is 306 g/mol. The van der Waals surface area contributed by atoms with Crippen molar-refractivity contribution in [3.63, 3.8) is 0 Å². The second kappa shape index (κ2) is 5.29. The van der Waals surface area contributed by atoms with Crippen molar-refractivity contribution < 1.29 is 22.4 Å². The molecule has 0 aliphatic heterocycles. The minimum absolute atomic E-state index is 0.521. The molecule has 7 heteroatoms. The van der Waals surface area contributed by atoms with Gasteiger partial charge in [-0.25, -0.2) is 4.39 Å². The molecular formula is C14H18F4N2O. The van der Waals surface area contributed by atoms with E-state index in [9.17, 15) is 22.4 Å². The maximum Gasteiger partial charge on any atom is 0.416 e. The van der Waals surface area contributed by atoms with Gasteiger partial charge in [0, 0.05) is 5.54 Å². The van der Waals surface area contributed by atoms with Crippen LogP contribution in [-0.4, -0.2) is 11.4 Å². The summed E-state index contributed by atoms with van der Waals surface area (Å²) in [4.78, 5) is 12.2. The van der Waals surface area contributed by atoms with Gasteiger partial charge in [0.25, 0.3) is 0 Å². The number of amides is 1. The standard InChI is InChI=1S/C14H18F4N2O/c1-12(2,13(3,4)19)11(21)20-10-7-8(14(16,17)18)5-6-9(10)15/h5-7H,19H2,1-4H3,(H,20,21). The van der Waals surface area contributed by atoms with E-state index in [1.165, 1.54) is 13.8 Å². The Kier molecular flexibility index (Phi) is 4.39. The molecule has 0 atom stereocenters. The summed E-state index contributed by atoms with van der Waals surface area (Å²) in [7, 11) is 0. The number of hydrogen-bond donors (Lipinski definition) is 2. The van der Waals surface area contributed by atoms with E-state index >= 15 is 0 Å². The van der Waals surface area contributed by atoms with E-state index in [0.717, 1.165) is 0 Å². The van der Waals surface area contributed by atoms with Gasteiger partial charge in [0.15, 0.2) is 0 Å². The molecular weight excluding hydrogens is 288 g/mol. The van der Waals surface area contributed by atoms with Crippen LogP contribution < -0.4 is 11.1 Å². The Bertz CT molecular complexity index is 545. The summed E-state index contributed by atoms with van der Waals surface area (Å²) in [6.07, 6.45) is -4.62. The molecule has 1 aromatic carbocycles. The SMILES string of the molecule is CC(C)(N)C(C)(C)C(=O)Nc1cc(C(F)(F)F)ccc1F. The van der Waals surface area contributed by atoms with Crippen LogP contribution in [0.15, 0.2) is 18.2 Å². The number of nitrogens with one attached hydrogen (secondary N) is 1. The summed E-state index contributed by atoms with van der Waals surface area (Å²) in [6.45, 7) is 6.28. The molecule has 0 aliphatic rings. The van der Waals surface area contributed by atoms with Gasteiger partial charge in [0.2, 0.25) is 5.91 Å². The average molecular weight is 306 g/mol. The average Bonchev–Trinajstić information content (AvgIpc) is 2.28. The largest absolute Gasteiger partial charge is 0.416 e. The Morgan fingerprint density at radius 2 is 1.67 bits per heavy atom. The third-order valence-electron chi connectivity index (χ3n) is 3.72. The molecule has 0 aliphatic carbocycles. The first-order valence-electron chi connectivity index (χ1n) is 6.24. The van der Waals surface area contributed by atoms with E-state index in [-0.39, 0.29) is 0 Å². The summed E-state index contributed by atoms with van der Waals surface area (Å²) < 4.78 is 51.4. The van der Waals surface area contributed by atoms with E-state index in [4.69, 9.17) is 5.73 Å². The molecule has 3 N–H and O–H groups in total. The predicted molar refractivity (Wildman–Crippen MR) is 72.1 cm³/mol. The van der Waals surface area contributed by atoms with E-state index in [1.54, 1.807) is 13.8 Å². The Balaban J connectivity index is 3.12. The molecule has 21 heavy (non-hydrogen) atoms. The Hall–Kier alpha value is -1.63. The van der Waals surface area contributed by atoms with Crippen molar-refractivity contribution in [1.82, 2.24) is 0 Å². The minimum atomic E-state index is -4.62. The smallest absolute Gasteiger partial charge is 0.325 e. The van der Waals surface area contributed by atoms with Gasteiger partial charge in [-0.05, 0) is 45.9 Å². The molecule has 0 saturated carbocycles. The zero-order valence-electron chi connectivity index (χ0n) is 12.2. The third kappa shape index (κ3) is 3.72. The lowest BCUT2D eigenvalue weighted by atomic mass is 9.74. The highest BCUT2D eigenvalue weighted by molar-refractivity contribution is 5.96. The lowest BCUT2D eigenvalue weighted by molar-refractivity contribution is -0.137. The molecule has 0 heterocycles. The third-order valence-corrected chi connectivity index (χ3v) is 3.72. The molecule has 0 saturated heterocycles. The number of alkyl halides is 3. The second-order valence-electron chi connectivity index (χ2n) is 5.99. The fourth-order valence-corrected chi connectivity index (χ4v) is 1.37. The number of rotatable bonds is 3. The predicted octanol–water partition coefficient (Wildman–Crippen LogP) is 3.55. The summed E-state index contributed by atoms with van der Waals surface area (Å²) in [6, 6.07) is 1.84. The highest BCUT2D eigenvalue weighted by Crippen LogP contribution is 2.34. The van der Waals surface area contributed by atoms with Crippen LogP contribution in [-0.2, 0) is 11.0 Å². The van der Waals surface area contributed by atoms with Gasteiger partial charge in [-0.15, -0.1) is 0 Å². The second-order valence-corrected chi connectivity index (χ2v) is 5.99. The van der Waals surface area contributed by atoms with Crippen LogP contribution in [0.2, 0.25) is 0 Å².